The van der Waals surface area contributed by atoms with Crippen LogP contribution >= 0.6 is 39.1 Å². The van der Waals surface area contributed by atoms with Crippen LogP contribution in [0.15, 0.2) is 64.0 Å². The lowest BCUT2D eigenvalue weighted by Gasteiger charge is -2.31. The fraction of sp³-hybridized carbons (Fsp3) is 0.527. The van der Waals surface area contributed by atoms with Crippen molar-refractivity contribution in [3.63, 3.8) is 0 Å². The van der Waals surface area contributed by atoms with Crippen LogP contribution in [0.25, 0.3) is 44.7 Å². The Bertz CT molecular complexity index is 5670. The maximum absolute atomic E-state index is 14.6. The van der Waals surface area contributed by atoms with Gasteiger partial charge in [-0.3, -0.25) is 84.9 Å². The van der Waals surface area contributed by atoms with Gasteiger partial charge in [0.1, 0.15) is 85.6 Å². The fourth-order valence-corrected chi connectivity index (χ4v) is 18.8. The topological polar surface area (TPSA) is 793 Å². The van der Waals surface area contributed by atoms with Crippen LogP contribution in [0.4, 0.5) is 35.3 Å². The summed E-state index contributed by atoms with van der Waals surface area (Å²) in [7, 11) is -26.7. The highest BCUT2D eigenvalue weighted by molar-refractivity contribution is 7.66. The number of nitrogen functional groups attached to an aromatic ring is 5. The van der Waals surface area contributed by atoms with Crippen molar-refractivity contribution < 1.29 is 146 Å². The van der Waals surface area contributed by atoms with Gasteiger partial charge in [-0.1, -0.05) is 37.9 Å². The van der Waals surface area contributed by atoms with Crippen LogP contribution in [0.1, 0.15) is 57.4 Å². The molecule has 0 radical (unpaired) electrons. The number of nitrogens with two attached hydrogens (primary N) is 5. The summed E-state index contributed by atoms with van der Waals surface area (Å²) in [6.45, 7) is -0.586. The predicted octanol–water partition coefficient (Wildman–Crippen LogP) is -2.30. The molecule has 0 amide bonds. The van der Waals surface area contributed by atoms with Gasteiger partial charge in [-0.25, -0.2) is 42.3 Å². The largest absolute Gasteiger partial charge is 0.490 e. The van der Waals surface area contributed by atoms with Gasteiger partial charge in [0.2, 0.25) is 29.6 Å². The number of hydrogen-bond donors (Lipinski definition) is 16. The quantitative estimate of drug-likeness (QED) is 0.00693. The summed E-state index contributed by atoms with van der Waals surface area (Å²) in [6.07, 6.45) is -25.5. The van der Waals surface area contributed by atoms with Crippen molar-refractivity contribution in [3.05, 3.63) is 96.3 Å². The number of ether oxygens (including phenoxy) is 8. The monoisotopic (exact) mass is 1740 g/mol. The molecule has 0 bridgehead atoms. The molecule has 4 aliphatic rings. The van der Waals surface area contributed by atoms with Gasteiger partial charge in [-0.15, -0.1) is 0 Å². The number of aromatic amines is 3. The van der Waals surface area contributed by atoms with Crippen molar-refractivity contribution in [1.82, 2.24) is 73.1 Å². The number of methoxy groups -OCH3 is 2. The van der Waals surface area contributed by atoms with Crippen LogP contribution in [0, 0.1) is 15.5 Å². The van der Waals surface area contributed by atoms with Gasteiger partial charge < -0.3 is 106 Å². The van der Waals surface area contributed by atoms with Gasteiger partial charge in [0.25, 0.3) is 28.3 Å². The van der Waals surface area contributed by atoms with Gasteiger partial charge in [0.05, 0.1) is 69.0 Å². The molecule has 13 rings (SSSR count). The number of nitro benzene ring substituents is 1. The average molecular weight is 1740 g/mol. The number of phosphoric acid groups is 5. The Labute approximate surface area is 645 Å². The number of H-pyrrole nitrogens is 3. The first kappa shape index (κ1) is 85.3. The molecule has 4 saturated heterocycles. The molecular formula is C55H74N22O34P5+. The highest BCUT2D eigenvalue weighted by atomic mass is 31.3. The maximum Gasteiger partial charge on any atom is 0.490 e. The third-order valence-corrected chi connectivity index (χ3v) is 24.5. The lowest BCUT2D eigenvalue weighted by atomic mass is 9.84. The summed E-state index contributed by atoms with van der Waals surface area (Å²) in [4.78, 5) is 145. The van der Waals surface area contributed by atoms with E-state index in [1.165, 1.54) is 40.7 Å². The predicted molar refractivity (Wildman–Crippen MR) is 381 cm³/mol. The minimum absolute atomic E-state index is 0.0860. The second-order valence-corrected chi connectivity index (χ2v) is 34.5. The summed E-state index contributed by atoms with van der Waals surface area (Å²) in [5, 5.41) is 46.1. The van der Waals surface area contributed by atoms with Crippen molar-refractivity contribution >= 4 is 119 Å². The zero-order chi connectivity index (χ0) is 84.0. The number of para-hydroxylation sites is 1. The highest BCUT2D eigenvalue weighted by Gasteiger charge is 2.57. The minimum atomic E-state index is -6.44. The number of nitrogens with zero attached hydrogens (tertiary/aromatic N) is 14. The van der Waals surface area contributed by atoms with Crippen LogP contribution in [-0.4, -0.2) is 238 Å². The number of phosphoric ester groups is 4. The molecule has 22 atom stereocenters. The molecule has 4 fully saturated rings. The van der Waals surface area contributed by atoms with Crippen LogP contribution in [-0.2, 0) is 104 Å². The number of fused-ring (bicyclic) bond motifs is 4. The number of aliphatic hydroxyl groups excluding tert-OH is 3. The number of aromatic nitrogens is 16. The number of rotatable bonds is 32. The number of anilines is 5. The third-order valence-electron chi connectivity index (χ3n) is 18.2. The lowest BCUT2D eigenvalue weighted by molar-refractivity contribution is -0.746. The van der Waals surface area contributed by atoms with E-state index in [9.17, 15) is 87.1 Å². The molecule has 8 aromatic heterocycles. The number of aliphatic hydroxyl groups is 3. The number of benzene rings is 1. The third kappa shape index (κ3) is 17.6. The first-order chi connectivity index (χ1) is 54.5. The highest BCUT2D eigenvalue weighted by Crippen LogP contribution is 2.68. The van der Waals surface area contributed by atoms with E-state index in [-0.39, 0.29) is 73.6 Å². The number of nitro groups is 1. The van der Waals surface area contributed by atoms with Crippen LogP contribution in [0.3, 0.4) is 0 Å². The van der Waals surface area contributed by atoms with Gasteiger partial charge >= 0.3 is 44.8 Å². The second-order valence-electron chi connectivity index (χ2n) is 27.0. The Morgan fingerprint density at radius 2 is 1.03 bits per heavy atom. The van der Waals surface area contributed by atoms with E-state index in [1.54, 1.807) is 26.8 Å². The normalized spacial score (nSPS) is 28.2. The SMILES string of the molecule is COC1[C@@H](OP(=O)(O)OC[C@H]2O[C@@H](n3cnc4c(=O)[nH]c(N)nc43)C(OC)[C@H]2OP(=O)(O)OC[C@H]2O[C@@H](n3cnc4c(=O)[nH]c(N)nc43)C(O)[C@H]2O)[C@@H](COP(=O)(O)OP(=O)(O)OP(=O)(O)OC[C@H]2O[C@@H]([n+]3cn(C)c4c(=O)[nH]c(N)nc43)C(OCOC(c3ccccc3[N+](=O)[O-])C(C)(C)C)[C@H]2O)O[C@H]1n1cnc2c(N)nc(N)nc21. The average Bonchev–Trinajstić information content (AvgIpc) is 1.61. The van der Waals surface area contributed by atoms with Crippen LogP contribution in [0.2, 0.25) is 0 Å². The summed E-state index contributed by atoms with van der Waals surface area (Å²) in [5.41, 5.74) is 24.5. The molecular weight excluding hydrogens is 1670 g/mol. The molecule has 0 saturated carbocycles. The molecule has 56 nitrogen and oxygen atoms in total. The van der Waals surface area contributed by atoms with Gasteiger partial charge in [-0.2, -0.15) is 28.6 Å². The second kappa shape index (κ2) is 32.6. The summed E-state index contributed by atoms with van der Waals surface area (Å²) >= 11 is 0. The minimum Gasteiger partial charge on any atom is -0.387 e. The zero-order valence-corrected chi connectivity index (χ0v) is 65.0. The van der Waals surface area contributed by atoms with E-state index >= 15 is 0 Å². The Morgan fingerprint density at radius 1 is 0.578 bits per heavy atom. The number of imidazole rings is 4. The number of aryl methyl sites for hydroxylation is 1. The molecule has 21 N–H and O–H groups in total. The van der Waals surface area contributed by atoms with E-state index < -0.39 is 216 Å². The van der Waals surface area contributed by atoms with E-state index in [4.69, 9.17) is 93.7 Å². The Hall–Kier alpha value is -8.59. The molecule has 116 heavy (non-hydrogen) atoms. The standard InChI is InChI=1S/C55H73N22O34P5/c1-55(2,3)38(20-9-7-8-10-21(20)77(84)85)99-19-98-35-31(79)23(105-48(35)76-18-72(4)29-43(76)68-54(60)71-46(29)83)12-102-114(90,91)110-116(94,95)111-115(92,93)103-14-25-34(36(96-5)49(107-25)74-15-61-26-39(56)64-51(57)65-40(26)74)109-113(88,89)101-13-24-33(37(97-6)50(106-24)75-17-63-28-42(75)67-53(59)70-45(28)82)108-112(86,87)100-11-22-30(78)32(80)47(104-22)73-16-62-27-41(73)66-52(58)69-44(27)81/h7-10,15-18,22-25,30-38,47-50,78-80H,11-14,19H2,1-6H3,(H17-,56,57,58,59,60,64,65,66,67,68,69,70,71,81,82,83,86,87,88,89,90,91,92,93,94,95)/p+1/t22-,23-,24-,25-,30+,31+,32?,33+,34+,35?,36?,37?,38?,47-,48-,49-,50-/m1/s1. The fourth-order valence-electron chi connectivity index (χ4n) is 13.3. The van der Waals surface area contributed by atoms with E-state index in [1.807, 2.05) is 0 Å². The smallest absolute Gasteiger partial charge is 0.387 e. The molecule has 1 aromatic carbocycles. The number of hydrogen-bond acceptors (Lipinski definition) is 42. The molecule has 12 heterocycles. The van der Waals surface area contributed by atoms with E-state index in [2.05, 4.69) is 63.4 Å². The van der Waals surface area contributed by atoms with Gasteiger partial charge in [0, 0.05) is 20.3 Å². The van der Waals surface area contributed by atoms with E-state index in [0.29, 0.717) is 0 Å². The Balaban J connectivity index is 0.709. The Morgan fingerprint density at radius 3 is 1.55 bits per heavy atom. The molecule has 632 valence electrons. The maximum atomic E-state index is 14.6. The van der Waals surface area contributed by atoms with Crippen molar-refractivity contribution in [1.29, 1.82) is 0 Å². The van der Waals surface area contributed by atoms with Crippen molar-refractivity contribution in [3.8, 4) is 0 Å². The molecule has 9 aromatic rings. The van der Waals surface area contributed by atoms with Crippen LogP contribution < -0.4 is 49.9 Å². The molecule has 10 unspecified atom stereocenters. The summed E-state index contributed by atoms with van der Waals surface area (Å²) < 4.78 is 164. The first-order valence-electron chi connectivity index (χ1n) is 33.6. The summed E-state index contributed by atoms with van der Waals surface area (Å²) in [6, 6.07) is 5.72. The molecule has 61 heteroatoms. The molecule has 0 aliphatic carbocycles. The Kier molecular flexibility index (Phi) is 24.0. The van der Waals surface area contributed by atoms with E-state index in [0.717, 1.165) is 46.9 Å². The van der Waals surface area contributed by atoms with Crippen molar-refractivity contribution in [2.75, 3.05) is 76.1 Å². The first-order valence-corrected chi connectivity index (χ1v) is 41.1. The molecule has 0 spiro atoms. The van der Waals surface area contributed by atoms with Crippen LogP contribution in [0.5, 0.6) is 0 Å². The van der Waals surface area contributed by atoms with Gasteiger partial charge in [0.15, 0.2) is 58.8 Å². The van der Waals surface area contributed by atoms with Crippen molar-refractivity contribution in [2.24, 2.45) is 12.5 Å². The van der Waals surface area contributed by atoms with Gasteiger partial charge in [-0.05, 0) is 11.5 Å². The zero-order valence-electron chi connectivity index (χ0n) is 60.5. The number of nitrogens with one attached hydrogen (secondary N) is 3. The van der Waals surface area contributed by atoms with Crippen molar-refractivity contribution in [2.45, 2.75) is 125 Å². The summed E-state index contributed by atoms with van der Waals surface area (Å²) in [5.74, 6) is -1.85. The molecule has 4 aliphatic heterocycles. The lowest BCUT2D eigenvalue weighted by Crippen LogP contribution is -2.47.